The molecule has 0 aromatic carbocycles. The second-order valence-electron chi connectivity index (χ2n) is 4.53. The Balaban J connectivity index is 3.16. The molecule has 1 aromatic heterocycles. The molecule has 1 N–H and O–H groups in total. The van der Waals surface area contributed by atoms with Crippen LogP contribution in [-0.2, 0) is 12.5 Å². The monoisotopic (exact) mass is 216 g/mol. The predicted octanol–water partition coefficient (Wildman–Crippen LogP) is 1.99. The molecule has 1 rings (SSSR count). The van der Waals surface area contributed by atoms with Gasteiger partial charge in [0.2, 0.25) is 0 Å². The van der Waals surface area contributed by atoms with Gasteiger partial charge in [-0.1, -0.05) is 20.8 Å². The van der Waals surface area contributed by atoms with Crippen molar-refractivity contribution in [1.29, 1.82) is 0 Å². The number of aliphatic hydroxyl groups is 1. The van der Waals surface area contributed by atoms with Gasteiger partial charge in [0.05, 0.1) is 17.7 Å². The second kappa shape index (κ2) is 3.91. The third-order valence-electron chi connectivity index (χ3n) is 2.07. The Kier molecular flexibility index (Phi) is 3.22. The van der Waals surface area contributed by atoms with Crippen molar-refractivity contribution < 1.29 is 5.11 Å². The van der Waals surface area contributed by atoms with Crippen molar-refractivity contribution in [3.05, 3.63) is 17.5 Å². The Morgan fingerprint density at radius 2 is 2.14 bits per heavy atom. The van der Waals surface area contributed by atoms with Crippen molar-refractivity contribution >= 4 is 11.6 Å². The van der Waals surface area contributed by atoms with Crippen molar-refractivity contribution in [3.8, 4) is 0 Å². The molecule has 0 aliphatic heterocycles. The van der Waals surface area contributed by atoms with E-state index in [2.05, 4.69) is 25.9 Å². The summed E-state index contributed by atoms with van der Waals surface area (Å²) in [5.74, 6) is 0.203. The normalized spacial score (nSPS) is 14.4. The van der Waals surface area contributed by atoms with Crippen LogP contribution in [0.5, 0.6) is 0 Å². The van der Waals surface area contributed by atoms with Gasteiger partial charge in [-0.15, -0.1) is 11.6 Å². The van der Waals surface area contributed by atoms with Crippen LogP contribution in [0.15, 0.2) is 6.20 Å². The summed E-state index contributed by atoms with van der Waals surface area (Å²) in [6, 6.07) is 0. The molecule has 1 unspecified atom stereocenters. The summed E-state index contributed by atoms with van der Waals surface area (Å²) >= 11 is 5.63. The minimum Gasteiger partial charge on any atom is -0.387 e. The van der Waals surface area contributed by atoms with E-state index in [1.807, 2.05) is 13.2 Å². The lowest BCUT2D eigenvalue weighted by molar-refractivity contribution is 0.200. The zero-order valence-corrected chi connectivity index (χ0v) is 9.84. The lowest BCUT2D eigenvalue weighted by atomic mass is 9.88. The van der Waals surface area contributed by atoms with E-state index in [0.717, 1.165) is 11.3 Å². The number of halogens is 1. The van der Waals surface area contributed by atoms with Gasteiger partial charge >= 0.3 is 0 Å². The van der Waals surface area contributed by atoms with Crippen molar-refractivity contribution in [2.45, 2.75) is 32.3 Å². The lowest BCUT2D eigenvalue weighted by Gasteiger charge is -2.18. The van der Waals surface area contributed by atoms with Gasteiger partial charge in [0, 0.05) is 24.2 Å². The molecular weight excluding hydrogens is 200 g/mol. The summed E-state index contributed by atoms with van der Waals surface area (Å²) in [6.07, 6.45) is 1.20. The van der Waals surface area contributed by atoms with Gasteiger partial charge < -0.3 is 5.11 Å². The van der Waals surface area contributed by atoms with Gasteiger partial charge in [-0.25, -0.2) is 0 Å². The van der Waals surface area contributed by atoms with Crippen LogP contribution in [0.2, 0.25) is 0 Å². The van der Waals surface area contributed by atoms with Crippen molar-refractivity contribution in [2.75, 3.05) is 5.88 Å². The third-order valence-corrected chi connectivity index (χ3v) is 2.36. The molecule has 0 aliphatic rings. The number of rotatable bonds is 2. The van der Waals surface area contributed by atoms with E-state index in [9.17, 15) is 5.11 Å². The number of aryl methyl sites for hydroxylation is 1. The Morgan fingerprint density at radius 3 is 2.57 bits per heavy atom. The van der Waals surface area contributed by atoms with Crippen molar-refractivity contribution in [1.82, 2.24) is 9.78 Å². The summed E-state index contributed by atoms with van der Waals surface area (Å²) in [4.78, 5) is 0. The Morgan fingerprint density at radius 1 is 1.57 bits per heavy atom. The van der Waals surface area contributed by atoms with Crippen LogP contribution in [0, 0.1) is 0 Å². The fourth-order valence-corrected chi connectivity index (χ4v) is 1.58. The van der Waals surface area contributed by atoms with E-state index in [-0.39, 0.29) is 11.3 Å². The molecular formula is C10H17ClN2O. The molecule has 0 radical (unpaired) electrons. The fraction of sp³-hybridized carbons (Fsp3) is 0.700. The number of nitrogens with zero attached hydrogens (tertiary/aromatic N) is 2. The van der Waals surface area contributed by atoms with E-state index >= 15 is 0 Å². The third kappa shape index (κ3) is 2.28. The first-order valence-corrected chi connectivity index (χ1v) is 5.17. The van der Waals surface area contributed by atoms with Crippen LogP contribution in [0.3, 0.4) is 0 Å². The topological polar surface area (TPSA) is 38.0 Å². The Labute approximate surface area is 89.7 Å². The number of aromatic nitrogens is 2. The van der Waals surface area contributed by atoms with E-state index in [4.69, 9.17) is 11.6 Å². The van der Waals surface area contributed by atoms with Crippen molar-refractivity contribution in [2.24, 2.45) is 7.05 Å². The molecule has 1 atom stereocenters. The minimum absolute atomic E-state index is 0.0658. The van der Waals surface area contributed by atoms with Crippen LogP contribution in [0.25, 0.3) is 0 Å². The summed E-state index contributed by atoms with van der Waals surface area (Å²) in [5.41, 5.74) is 1.67. The molecule has 3 nitrogen and oxygen atoms in total. The van der Waals surface area contributed by atoms with Gasteiger partial charge in [-0.2, -0.15) is 5.10 Å². The van der Waals surface area contributed by atoms with Crippen LogP contribution >= 0.6 is 11.6 Å². The van der Waals surface area contributed by atoms with Crippen LogP contribution < -0.4 is 0 Å². The molecule has 0 bridgehead atoms. The summed E-state index contributed by atoms with van der Waals surface area (Å²) in [7, 11) is 1.85. The predicted molar refractivity (Wildman–Crippen MR) is 57.6 cm³/mol. The first kappa shape index (κ1) is 11.5. The number of hydrogen-bond acceptors (Lipinski definition) is 2. The highest BCUT2D eigenvalue weighted by Gasteiger charge is 2.25. The SMILES string of the molecule is Cn1cc(C(O)CCl)c(C(C)(C)C)n1. The number of aliphatic hydroxyl groups excluding tert-OH is 1. The molecule has 4 heteroatoms. The van der Waals surface area contributed by atoms with Gasteiger partial charge in [-0.05, 0) is 0 Å². The molecule has 0 amide bonds. The maximum absolute atomic E-state index is 9.70. The van der Waals surface area contributed by atoms with Crippen LogP contribution in [0.1, 0.15) is 38.1 Å². The van der Waals surface area contributed by atoms with Gasteiger partial charge in [0.15, 0.2) is 0 Å². The van der Waals surface area contributed by atoms with Gasteiger partial charge in [0.1, 0.15) is 0 Å². The molecule has 14 heavy (non-hydrogen) atoms. The molecule has 80 valence electrons. The van der Waals surface area contributed by atoms with Gasteiger partial charge in [0.25, 0.3) is 0 Å². The Bertz CT molecular complexity index is 314. The summed E-state index contributed by atoms with van der Waals surface area (Å²) < 4.78 is 1.71. The maximum atomic E-state index is 9.70. The molecule has 1 heterocycles. The summed E-state index contributed by atoms with van der Waals surface area (Å²) in [6.45, 7) is 6.21. The fourth-order valence-electron chi connectivity index (χ4n) is 1.42. The highest BCUT2D eigenvalue weighted by molar-refractivity contribution is 6.18. The molecule has 0 saturated heterocycles. The standard InChI is InChI=1S/C10H17ClN2O/c1-10(2,3)9-7(8(14)5-11)6-13(4)12-9/h6,8,14H,5H2,1-4H3. The Hall–Kier alpha value is -0.540. The minimum atomic E-state index is -0.625. The van der Waals surface area contributed by atoms with Crippen LogP contribution in [0.4, 0.5) is 0 Å². The number of hydrogen-bond donors (Lipinski definition) is 1. The van der Waals surface area contributed by atoms with E-state index in [1.165, 1.54) is 0 Å². The highest BCUT2D eigenvalue weighted by Crippen LogP contribution is 2.28. The van der Waals surface area contributed by atoms with Gasteiger partial charge in [-0.3, -0.25) is 4.68 Å². The average Bonchev–Trinajstić information content (AvgIpc) is 2.45. The molecule has 0 fully saturated rings. The summed E-state index contributed by atoms with van der Waals surface area (Å²) in [5, 5.41) is 14.1. The van der Waals surface area contributed by atoms with E-state index in [1.54, 1.807) is 4.68 Å². The zero-order chi connectivity index (χ0) is 10.9. The molecule has 0 aliphatic carbocycles. The highest BCUT2D eigenvalue weighted by atomic mass is 35.5. The van der Waals surface area contributed by atoms with E-state index < -0.39 is 6.10 Å². The molecule has 1 aromatic rings. The quantitative estimate of drug-likeness (QED) is 0.768. The zero-order valence-electron chi connectivity index (χ0n) is 9.08. The first-order valence-electron chi connectivity index (χ1n) is 4.64. The maximum Gasteiger partial charge on any atom is 0.0958 e. The second-order valence-corrected chi connectivity index (χ2v) is 4.84. The molecule has 0 spiro atoms. The van der Waals surface area contributed by atoms with E-state index in [0.29, 0.717) is 0 Å². The van der Waals surface area contributed by atoms with Crippen molar-refractivity contribution in [3.63, 3.8) is 0 Å². The smallest absolute Gasteiger partial charge is 0.0958 e. The lowest BCUT2D eigenvalue weighted by Crippen LogP contribution is -2.16. The molecule has 0 saturated carbocycles. The number of alkyl halides is 1. The largest absolute Gasteiger partial charge is 0.387 e. The average molecular weight is 217 g/mol. The van der Waals surface area contributed by atoms with Crippen LogP contribution in [-0.4, -0.2) is 20.8 Å². The first-order chi connectivity index (χ1) is 6.36.